The summed E-state index contributed by atoms with van der Waals surface area (Å²) in [7, 11) is 0. The quantitative estimate of drug-likeness (QED) is 0.661. The van der Waals surface area contributed by atoms with E-state index in [9.17, 15) is 13.2 Å². The minimum absolute atomic E-state index is 0.0569. The Kier molecular flexibility index (Phi) is 3.18. The summed E-state index contributed by atoms with van der Waals surface area (Å²) in [6.45, 7) is 1.09. The zero-order valence-electron chi connectivity index (χ0n) is 13.5. The van der Waals surface area contributed by atoms with Gasteiger partial charge in [-0.15, -0.1) is 0 Å². The van der Waals surface area contributed by atoms with Gasteiger partial charge in [0.05, 0.1) is 11.4 Å². The first-order valence-corrected chi connectivity index (χ1v) is 8.19. The maximum Gasteiger partial charge on any atom is 0.161 e. The topological polar surface area (TPSA) is 51.8 Å². The molecule has 3 aromatic rings. The molecule has 2 aliphatic rings. The number of rotatable bonds is 2. The van der Waals surface area contributed by atoms with E-state index in [2.05, 4.69) is 15.2 Å². The van der Waals surface area contributed by atoms with E-state index in [-0.39, 0.29) is 5.56 Å². The summed E-state index contributed by atoms with van der Waals surface area (Å²) in [5.74, 6) is -2.45. The van der Waals surface area contributed by atoms with Crippen LogP contribution in [0.4, 0.5) is 18.9 Å². The lowest BCUT2D eigenvalue weighted by Gasteiger charge is -2.25. The molecule has 0 saturated carbocycles. The summed E-state index contributed by atoms with van der Waals surface area (Å²) in [6.07, 6.45) is 6.79. The predicted molar refractivity (Wildman–Crippen MR) is 87.4 cm³/mol. The van der Waals surface area contributed by atoms with Crippen molar-refractivity contribution in [1.29, 1.82) is 0 Å². The van der Waals surface area contributed by atoms with Crippen LogP contribution in [0, 0.1) is 17.5 Å². The first-order valence-electron chi connectivity index (χ1n) is 8.19. The smallest absolute Gasteiger partial charge is 0.161 e. The summed E-state index contributed by atoms with van der Waals surface area (Å²) in [6, 6.07) is 1.42. The van der Waals surface area contributed by atoms with Crippen LogP contribution in [0.25, 0.3) is 17.3 Å². The van der Waals surface area contributed by atoms with Crippen molar-refractivity contribution in [2.24, 2.45) is 0 Å². The van der Waals surface area contributed by atoms with Gasteiger partial charge >= 0.3 is 0 Å². The SMILES string of the molecule is Fc1cc(F)c(-c2nn3c(c2N2C=Cc4ncnn4C2)CCC3)cc1F. The third-order valence-electron chi connectivity index (χ3n) is 4.70. The van der Waals surface area contributed by atoms with Crippen LogP contribution < -0.4 is 4.90 Å². The molecule has 5 rings (SSSR count). The Bertz CT molecular complexity index is 1050. The second-order valence-electron chi connectivity index (χ2n) is 6.26. The lowest BCUT2D eigenvalue weighted by Crippen LogP contribution is -2.26. The third-order valence-corrected chi connectivity index (χ3v) is 4.70. The first kappa shape index (κ1) is 15.2. The molecule has 0 saturated heterocycles. The van der Waals surface area contributed by atoms with Crippen molar-refractivity contribution in [1.82, 2.24) is 24.5 Å². The standard InChI is InChI=1S/C17H13F3N6/c18-11-7-13(20)12(19)6-10(11)16-17(14-2-1-4-25(14)23-16)24-5-3-15-21-8-22-26(15)9-24/h3,5-8H,1-2,4,9H2. The fourth-order valence-electron chi connectivity index (χ4n) is 3.51. The molecule has 26 heavy (non-hydrogen) atoms. The number of hydrogen-bond acceptors (Lipinski definition) is 4. The molecular weight excluding hydrogens is 345 g/mol. The van der Waals surface area contributed by atoms with Crippen molar-refractivity contribution < 1.29 is 13.2 Å². The highest BCUT2D eigenvalue weighted by molar-refractivity contribution is 5.79. The van der Waals surface area contributed by atoms with E-state index in [0.717, 1.165) is 24.6 Å². The number of aromatic nitrogens is 5. The van der Waals surface area contributed by atoms with Gasteiger partial charge in [0.15, 0.2) is 17.5 Å². The Morgan fingerprint density at radius 1 is 1.00 bits per heavy atom. The molecule has 0 N–H and O–H groups in total. The number of anilines is 1. The van der Waals surface area contributed by atoms with Gasteiger partial charge in [-0.05, 0) is 25.0 Å². The van der Waals surface area contributed by atoms with E-state index >= 15 is 0 Å². The van der Waals surface area contributed by atoms with Gasteiger partial charge in [-0.1, -0.05) is 0 Å². The van der Waals surface area contributed by atoms with Crippen molar-refractivity contribution in [2.45, 2.75) is 26.1 Å². The Labute approximate surface area is 146 Å². The summed E-state index contributed by atoms with van der Waals surface area (Å²) in [5, 5.41) is 8.64. The predicted octanol–water partition coefficient (Wildman–Crippen LogP) is 2.95. The molecule has 6 nitrogen and oxygen atoms in total. The number of benzene rings is 1. The Morgan fingerprint density at radius 3 is 2.73 bits per heavy atom. The van der Waals surface area contributed by atoms with E-state index in [1.54, 1.807) is 15.4 Å². The summed E-state index contributed by atoms with van der Waals surface area (Å²) in [4.78, 5) is 6.00. The van der Waals surface area contributed by atoms with Crippen LogP contribution in [0.15, 0.2) is 24.7 Å². The second-order valence-corrected chi connectivity index (χ2v) is 6.26. The fourth-order valence-corrected chi connectivity index (χ4v) is 3.51. The summed E-state index contributed by atoms with van der Waals surface area (Å²) in [5.41, 5.74) is 1.87. The van der Waals surface area contributed by atoms with E-state index in [1.807, 2.05) is 11.1 Å². The van der Waals surface area contributed by atoms with Crippen molar-refractivity contribution in [2.75, 3.05) is 4.90 Å². The van der Waals surface area contributed by atoms with Gasteiger partial charge in [0.2, 0.25) is 0 Å². The molecule has 0 atom stereocenters. The van der Waals surface area contributed by atoms with Gasteiger partial charge in [0.25, 0.3) is 0 Å². The molecule has 0 radical (unpaired) electrons. The van der Waals surface area contributed by atoms with Crippen LogP contribution in [0.3, 0.4) is 0 Å². The molecule has 9 heteroatoms. The number of nitrogens with zero attached hydrogens (tertiary/aromatic N) is 6. The molecule has 2 aliphatic heterocycles. The molecule has 0 fully saturated rings. The minimum Gasteiger partial charge on any atom is -0.324 e. The van der Waals surface area contributed by atoms with Gasteiger partial charge in [-0.2, -0.15) is 10.2 Å². The van der Waals surface area contributed by atoms with E-state index < -0.39 is 17.5 Å². The maximum atomic E-state index is 14.4. The van der Waals surface area contributed by atoms with Gasteiger partial charge in [-0.25, -0.2) is 22.8 Å². The Balaban J connectivity index is 1.68. The molecule has 0 bridgehead atoms. The van der Waals surface area contributed by atoms with Gasteiger partial charge in [-0.3, -0.25) is 4.68 Å². The molecular formula is C17H13F3N6. The number of halogens is 3. The highest BCUT2D eigenvalue weighted by Crippen LogP contribution is 2.39. The third kappa shape index (κ3) is 2.16. The molecule has 0 aliphatic carbocycles. The number of aryl methyl sites for hydroxylation is 1. The van der Waals surface area contributed by atoms with Crippen molar-refractivity contribution in [3.8, 4) is 11.3 Å². The van der Waals surface area contributed by atoms with Crippen molar-refractivity contribution in [3.05, 3.63) is 53.6 Å². The van der Waals surface area contributed by atoms with Crippen LogP contribution in [-0.4, -0.2) is 24.5 Å². The molecule has 0 spiro atoms. The highest BCUT2D eigenvalue weighted by atomic mass is 19.2. The molecule has 0 amide bonds. The van der Waals surface area contributed by atoms with Gasteiger partial charge < -0.3 is 4.90 Å². The van der Waals surface area contributed by atoms with Crippen LogP contribution in [0.1, 0.15) is 17.9 Å². The van der Waals surface area contributed by atoms with E-state index in [0.29, 0.717) is 36.5 Å². The second kappa shape index (κ2) is 5.45. The zero-order valence-corrected chi connectivity index (χ0v) is 13.5. The molecule has 1 aromatic carbocycles. The van der Waals surface area contributed by atoms with Crippen LogP contribution in [-0.2, 0) is 19.6 Å². The largest absolute Gasteiger partial charge is 0.324 e. The Hall–Kier alpha value is -3.10. The molecule has 132 valence electrons. The van der Waals surface area contributed by atoms with Crippen molar-refractivity contribution in [3.63, 3.8) is 0 Å². The normalized spacial score (nSPS) is 15.4. The van der Waals surface area contributed by atoms with Crippen LogP contribution in [0.5, 0.6) is 0 Å². The average Bonchev–Trinajstić information content (AvgIpc) is 3.32. The van der Waals surface area contributed by atoms with Gasteiger partial charge in [0, 0.05) is 24.4 Å². The monoisotopic (exact) mass is 358 g/mol. The molecule has 2 aromatic heterocycles. The van der Waals surface area contributed by atoms with Gasteiger partial charge in [0.1, 0.15) is 24.5 Å². The van der Waals surface area contributed by atoms with E-state index in [1.165, 1.54) is 6.33 Å². The fraction of sp³-hybridized carbons (Fsp3) is 0.235. The average molecular weight is 358 g/mol. The Morgan fingerprint density at radius 2 is 1.85 bits per heavy atom. The minimum atomic E-state index is -1.22. The summed E-state index contributed by atoms with van der Waals surface area (Å²) < 4.78 is 45.0. The van der Waals surface area contributed by atoms with Crippen LogP contribution in [0.2, 0.25) is 0 Å². The molecule has 4 heterocycles. The zero-order chi connectivity index (χ0) is 17.8. The highest BCUT2D eigenvalue weighted by Gasteiger charge is 2.29. The summed E-state index contributed by atoms with van der Waals surface area (Å²) >= 11 is 0. The number of fused-ring (bicyclic) bond motifs is 2. The molecule has 0 unspecified atom stereocenters. The lowest BCUT2D eigenvalue weighted by atomic mass is 10.1. The van der Waals surface area contributed by atoms with Crippen LogP contribution >= 0.6 is 0 Å². The van der Waals surface area contributed by atoms with Crippen molar-refractivity contribution >= 4 is 11.8 Å². The lowest BCUT2D eigenvalue weighted by molar-refractivity contribution is 0.496. The first-order chi connectivity index (χ1) is 12.6. The maximum absolute atomic E-state index is 14.4. The van der Waals surface area contributed by atoms with E-state index in [4.69, 9.17) is 0 Å². The number of hydrogen-bond donors (Lipinski definition) is 0.